The topological polar surface area (TPSA) is 67.4 Å². The summed E-state index contributed by atoms with van der Waals surface area (Å²) >= 11 is 0. The van der Waals surface area contributed by atoms with Gasteiger partial charge in [-0.3, -0.25) is 9.59 Å². The fraction of sp³-hybridized carbons (Fsp3) is 0.474. The molecule has 0 atom stereocenters. The summed E-state index contributed by atoms with van der Waals surface area (Å²) in [6.45, 7) is 6.55. The molecule has 130 valence electrons. The molecule has 0 spiro atoms. The summed E-state index contributed by atoms with van der Waals surface area (Å²) in [4.78, 5) is 23.4. The first-order valence-corrected chi connectivity index (χ1v) is 8.30. The molecular formula is C19H26N2O3. The zero-order chi connectivity index (χ0) is 17.6. The summed E-state index contributed by atoms with van der Waals surface area (Å²) < 4.78 is 5.50. The van der Waals surface area contributed by atoms with Gasteiger partial charge in [0.05, 0.1) is 0 Å². The lowest BCUT2D eigenvalue weighted by molar-refractivity contribution is -0.123. The molecule has 1 aromatic carbocycles. The van der Waals surface area contributed by atoms with Crippen molar-refractivity contribution in [1.29, 1.82) is 0 Å². The summed E-state index contributed by atoms with van der Waals surface area (Å²) in [5.41, 5.74) is 0.902. The molecule has 24 heavy (non-hydrogen) atoms. The zero-order valence-corrected chi connectivity index (χ0v) is 14.6. The molecule has 2 N–H and O–H groups in total. The quantitative estimate of drug-likeness (QED) is 0.755. The molecule has 2 rings (SSSR count). The summed E-state index contributed by atoms with van der Waals surface area (Å²) in [6.07, 6.45) is 5.55. The van der Waals surface area contributed by atoms with Crippen LogP contribution in [0.4, 0.5) is 0 Å². The van der Waals surface area contributed by atoms with Gasteiger partial charge in [0.1, 0.15) is 5.75 Å². The second-order valence-corrected chi connectivity index (χ2v) is 7.20. The summed E-state index contributed by atoms with van der Waals surface area (Å²) in [5.74, 6) is 0.404. The smallest absolute Gasteiger partial charge is 0.258 e. The molecule has 1 saturated carbocycles. The number of allylic oxidation sites excluding steroid dienone is 1. The molecule has 0 radical (unpaired) electrons. The van der Waals surface area contributed by atoms with Crippen LogP contribution < -0.4 is 15.4 Å². The number of rotatable bonds is 7. The van der Waals surface area contributed by atoms with E-state index in [0.717, 1.165) is 18.4 Å². The normalized spacial score (nSPS) is 14.5. The number of ether oxygens (including phenoxy) is 1. The minimum Gasteiger partial charge on any atom is -0.484 e. The maximum absolute atomic E-state index is 11.8. The Morgan fingerprint density at radius 2 is 2.04 bits per heavy atom. The standard InChI is InChI=1S/C19H26N2O3/c1-19(2,3)10-9-17(22)20-12-14-5-4-6-16(11-14)24-13-18(23)21-15-7-8-15/h4-6,9-11,15H,7-8,12-13H2,1-3H3,(H,20,22)(H,21,23)/b10-9+. The maximum Gasteiger partial charge on any atom is 0.258 e. The van der Waals surface area contributed by atoms with Crippen molar-refractivity contribution in [2.45, 2.75) is 46.2 Å². The molecule has 2 amide bonds. The molecule has 1 aromatic rings. The molecule has 1 aliphatic carbocycles. The molecule has 5 nitrogen and oxygen atoms in total. The van der Waals surface area contributed by atoms with Gasteiger partial charge in [-0.1, -0.05) is 39.0 Å². The van der Waals surface area contributed by atoms with Crippen molar-refractivity contribution in [3.63, 3.8) is 0 Å². The van der Waals surface area contributed by atoms with Crippen molar-refractivity contribution < 1.29 is 14.3 Å². The number of carbonyl (C=O) groups excluding carboxylic acids is 2. The Labute approximate surface area is 143 Å². The van der Waals surface area contributed by atoms with Gasteiger partial charge in [0, 0.05) is 12.6 Å². The van der Waals surface area contributed by atoms with Gasteiger partial charge in [0.2, 0.25) is 5.91 Å². The predicted molar refractivity (Wildman–Crippen MR) is 93.5 cm³/mol. The molecular weight excluding hydrogens is 304 g/mol. The van der Waals surface area contributed by atoms with Crippen LogP contribution in [-0.4, -0.2) is 24.5 Å². The van der Waals surface area contributed by atoms with Crippen LogP contribution in [-0.2, 0) is 16.1 Å². The minimum absolute atomic E-state index is 0.0145. The van der Waals surface area contributed by atoms with Gasteiger partial charge >= 0.3 is 0 Å². The lowest BCUT2D eigenvalue weighted by Crippen LogP contribution is -2.30. The van der Waals surface area contributed by atoms with Gasteiger partial charge in [-0.25, -0.2) is 0 Å². The predicted octanol–water partition coefficient (Wildman–Crippen LogP) is 2.56. The molecule has 5 heteroatoms. The van der Waals surface area contributed by atoms with E-state index in [2.05, 4.69) is 10.6 Å². The Bertz CT molecular complexity index is 613. The lowest BCUT2D eigenvalue weighted by atomic mass is 9.96. The molecule has 1 fully saturated rings. The van der Waals surface area contributed by atoms with Crippen molar-refractivity contribution in [3.8, 4) is 5.75 Å². The Kier molecular flexibility index (Phi) is 6.01. The highest BCUT2D eigenvalue weighted by atomic mass is 16.5. The summed E-state index contributed by atoms with van der Waals surface area (Å²) in [7, 11) is 0. The monoisotopic (exact) mass is 330 g/mol. The summed E-state index contributed by atoms with van der Waals surface area (Å²) in [6, 6.07) is 7.72. The van der Waals surface area contributed by atoms with Crippen LogP contribution in [0.5, 0.6) is 5.75 Å². The average molecular weight is 330 g/mol. The average Bonchev–Trinajstić information content (AvgIpc) is 3.32. The van der Waals surface area contributed by atoms with Crippen molar-refractivity contribution in [2.24, 2.45) is 5.41 Å². The van der Waals surface area contributed by atoms with Gasteiger partial charge in [-0.15, -0.1) is 0 Å². The number of benzene rings is 1. The molecule has 0 aromatic heterocycles. The second-order valence-electron chi connectivity index (χ2n) is 7.20. The zero-order valence-electron chi connectivity index (χ0n) is 14.6. The van der Waals surface area contributed by atoms with Gasteiger partial charge in [0.25, 0.3) is 5.91 Å². The van der Waals surface area contributed by atoms with Crippen LogP contribution in [0.1, 0.15) is 39.2 Å². The third-order valence-corrected chi connectivity index (χ3v) is 3.41. The van der Waals surface area contributed by atoms with E-state index >= 15 is 0 Å². The molecule has 0 unspecified atom stereocenters. The first-order chi connectivity index (χ1) is 11.3. The van der Waals surface area contributed by atoms with E-state index in [4.69, 9.17) is 4.74 Å². The minimum atomic E-state index is -0.125. The van der Waals surface area contributed by atoms with E-state index in [1.807, 2.05) is 45.0 Å². The Morgan fingerprint density at radius 1 is 1.29 bits per heavy atom. The SMILES string of the molecule is CC(C)(C)/C=C/C(=O)NCc1cccc(OCC(=O)NC2CC2)c1. The van der Waals surface area contributed by atoms with Crippen molar-refractivity contribution in [3.05, 3.63) is 42.0 Å². The highest BCUT2D eigenvalue weighted by Gasteiger charge is 2.23. The van der Waals surface area contributed by atoms with Crippen molar-refractivity contribution in [1.82, 2.24) is 10.6 Å². The van der Waals surface area contributed by atoms with Crippen molar-refractivity contribution in [2.75, 3.05) is 6.61 Å². The first-order valence-electron chi connectivity index (χ1n) is 8.30. The second kappa shape index (κ2) is 7.99. The van der Waals surface area contributed by atoms with Crippen LogP contribution >= 0.6 is 0 Å². The number of carbonyl (C=O) groups is 2. The molecule has 0 bridgehead atoms. The third-order valence-electron chi connectivity index (χ3n) is 3.41. The largest absolute Gasteiger partial charge is 0.484 e. The van der Waals surface area contributed by atoms with Crippen LogP contribution in [0.15, 0.2) is 36.4 Å². The van der Waals surface area contributed by atoms with Crippen LogP contribution in [0.3, 0.4) is 0 Å². The summed E-state index contributed by atoms with van der Waals surface area (Å²) in [5, 5.41) is 5.71. The third kappa shape index (κ3) is 7.31. The fourth-order valence-corrected chi connectivity index (χ4v) is 1.96. The molecule has 0 heterocycles. The number of nitrogens with one attached hydrogen (secondary N) is 2. The van der Waals surface area contributed by atoms with E-state index in [1.54, 1.807) is 12.1 Å². The van der Waals surface area contributed by atoms with E-state index in [-0.39, 0.29) is 23.8 Å². The van der Waals surface area contributed by atoms with Crippen LogP contribution in [0, 0.1) is 5.41 Å². The Morgan fingerprint density at radius 3 is 2.71 bits per heavy atom. The molecule has 0 saturated heterocycles. The Hall–Kier alpha value is -2.30. The fourth-order valence-electron chi connectivity index (χ4n) is 1.96. The van der Waals surface area contributed by atoms with E-state index in [9.17, 15) is 9.59 Å². The molecule has 0 aliphatic heterocycles. The van der Waals surface area contributed by atoms with Gasteiger partial charge in [0.15, 0.2) is 6.61 Å². The van der Waals surface area contributed by atoms with Gasteiger partial charge < -0.3 is 15.4 Å². The number of hydrogen-bond donors (Lipinski definition) is 2. The van der Waals surface area contributed by atoms with Crippen molar-refractivity contribution >= 4 is 11.8 Å². The van der Waals surface area contributed by atoms with Crippen LogP contribution in [0.25, 0.3) is 0 Å². The van der Waals surface area contributed by atoms with Crippen LogP contribution in [0.2, 0.25) is 0 Å². The number of hydrogen-bond acceptors (Lipinski definition) is 3. The molecule has 1 aliphatic rings. The first kappa shape index (κ1) is 18.0. The highest BCUT2D eigenvalue weighted by Crippen LogP contribution is 2.18. The van der Waals surface area contributed by atoms with Gasteiger partial charge in [-0.05, 0) is 42.0 Å². The van der Waals surface area contributed by atoms with Gasteiger partial charge in [-0.2, -0.15) is 0 Å². The van der Waals surface area contributed by atoms with E-state index in [0.29, 0.717) is 18.3 Å². The Balaban J connectivity index is 1.78. The lowest BCUT2D eigenvalue weighted by Gasteiger charge is -2.11. The van der Waals surface area contributed by atoms with E-state index < -0.39 is 0 Å². The highest BCUT2D eigenvalue weighted by molar-refractivity contribution is 5.87. The van der Waals surface area contributed by atoms with E-state index in [1.165, 1.54) is 0 Å². The maximum atomic E-state index is 11.8. The number of amides is 2.